The van der Waals surface area contributed by atoms with Crippen LogP contribution in [-0.4, -0.2) is 40.7 Å². The number of hydrogen-bond acceptors (Lipinski definition) is 7. The summed E-state index contributed by atoms with van der Waals surface area (Å²) in [7, 11) is 0. The van der Waals surface area contributed by atoms with Gasteiger partial charge in [-0.25, -0.2) is 4.98 Å². The predicted octanol–water partition coefficient (Wildman–Crippen LogP) is 2.13. The van der Waals surface area contributed by atoms with Gasteiger partial charge < -0.3 is 25.1 Å². The number of nitrogens with zero attached hydrogens (tertiary/aromatic N) is 1. The summed E-state index contributed by atoms with van der Waals surface area (Å²) < 4.78 is 11.0. The van der Waals surface area contributed by atoms with Gasteiger partial charge in [0.1, 0.15) is 13.2 Å². The zero-order chi connectivity index (χ0) is 23.0. The number of H-pyrrole nitrogens is 1. The highest BCUT2D eigenvalue weighted by molar-refractivity contribution is 7.99. The largest absolute Gasteiger partial charge is 0.486 e. The number of hydrogen-bond donors (Lipinski definition) is 3. The average Bonchev–Trinajstić information content (AvgIpc) is 2.82. The molecule has 9 nitrogen and oxygen atoms in total. The molecule has 3 N–H and O–H groups in total. The molecule has 4 rings (SSSR count). The van der Waals surface area contributed by atoms with E-state index in [1.54, 1.807) is 18.2 Å². The van der Waals surface area contributed by atoms with Gasteiger partial charge in [0.05, 0.1) is 17.9 Å². The third-order valence-electron chi connectivity index (χ3n) is 4.61. The number of aromatic amines is 1. The van der Waals surface area contributed by atoms with E-state index in [1.165, 1.54) is 6.07 Å². The number of carbonyl (C=O) groups excluding carboxylic acids is 2. The maximum absolute atomic E-state index is 12.3. The number of nitrogens with one attached hydrogen (secondary N) is 3. The Kier molecular flexibility index (Phi) is 7.26. The van der Waals surface area contributed by atoms with Crippen molar-refractivity contribution in [3.63, 3.8) is 0 Å². The first kappa shape index (κ1) is 22.4. The second-order valence-corrected chi connectivity index (χ2v) is 8.14. The number of fused-ring (bicyclic) bond motifs is 1. The molecule has 3 aromatic rings. The van der Waals surface area contributed by atoms with Crippen molar-refractivity contribution in [2.45, 2.75) is 18.1 Å². The fourth-order valence-corrected chi connectivity index (χ4v) is 3.81. The van der Waals surface area contributed by atoms with Crippen molar-refractivity contribution in [2.24, 2.45) is 0 Å². The summed E-state index contributed by atoms with van der Waals surface area (Å²) in [5.74, 6) is 0.728. The van der Waals surface area contributed by atoms with E-state index >= 15 is 0 Å². The predicted molar refractivity (Wildman–Crippen MR) is 124 cm³/mol. The quantitative estimate of drug-likeness (QED) is 0.343. The maximum Gasteiger partial charge on any atom is 0.251 e. The Morgan fingerprint density at radius 1 is 1.00 bits per heavy atom. The van der Waals surface area contributed by atoms with Gasteiger partial charge in [-0.05, 0) is 17.7 Å². The number of rotatable bonds is 8. The molecule has 0 saturated heterocycles. The Morgan fingerprint density at radius 2 is 1.79 bits per heavy atom. The Labute approximate surface area is 193 Å². The van der Waals surface area contributed by atoms with Crippen molar-refractivity contribution in [1.29, 1.82) is 0 Å². The van der Waals surface area contributed by atoms with Gasteiger partial charge in [0.2, 0.25) is 11.8 Å². The van der Waals surface area contributed by atoms with Gasteiger partial charge in [0.25, 0.3) is 5.56 Å². The molecule has 0 unspecified atom stereocenters. The van der Waals surface area contributed by atoms with Crippen LogP contribution in [0.4, 0.5) is 5.69 Å². The van der Waals surface area contributed by atoms with Crippen LogP contribution in [-0.2, 0) is 22.6 Å². The minimum absolute atomic E-state index is 0.0288. The zero-order valence-corrected chi connectivity index (χ0v) is 18.4. The van der Waals surface area contributed by atoms with E-state index in [0.29, 0.717) is 42.6 Å². The van der Waals surface area contributed by atoms with E-state index in [4.69, 9.17) is 9.47 Å². The number of amides is 2. The minimum Gasteiger partial charge on any atom is -0.486 e. The molecule has 10 heteroatoms. The lowest BCUT2D eigenvalue weighted by molar-refractivity contribution is -0.120. The van der Waals surface area contributed by atoms with Crippen LogP contribution in [0, 0.1) is 0 Å². The lowest BCUT2D eigenvalue weighted by Crippen LogP contribution is -2.26. The van der Waals surface area contributed by atoms with Crippen LogP contribution in [0.3, 0.4) is 0 Å². The molecular formula is C23H22N4O5S. The monoisotopic (exact) mass is 466 g/mol. The summed E-state index contributed by atoms with van der Waals surface area (Å²) in [5, 5.41) is 5.85. The van der Waals surface area contributed by atoms with Crippen molar-refractivity contribution in [3.8, 4) is 11.5 Å². The molecule has 0 saturated carbocycles. The SMILES string of the molecule is O=C(Cc1cc(=O)[nH]c(SCC(=O)Nc2ccc3c(c2)OCCO3)n1)NCc1ccccc1. The van der Waals surface area contributed by atoms with Gasteiger partial charge >= 0.3 is 0 Å². The van der Waals surface area contributed by atoms with Gasteiger partial charge in [-0.15, -0.1) is 0 Å². The van der Waals surface area contributed by atoms with E-state index in [9.17, 15) is 14.4 Å². The molecule has 1 aromatic heterocycles. The number of carbonyl (C=O) groups is 2. The number of benzene rings is 2. The van der Waals surface area contributed by atoms with Gasteiger partial charge in [-0.3, -0.25) is 14.4 Å². The average molecular weight is 467 g/mol. The summed E-state index contributed by atoms with van der Waals surface area (Å²) in [6.45, 7) is 1.35. The molecule has 2 amide bonds. The molecular weight excluding hydrogens is 444 g/mol. The number of thioether (sulfide) groups is 1. The molecule has 0 radical (unpaired) electrons. The number of aromatic nitrogens is 2. The van der Waals surface area contributed by atoms with E-state index in [-0.39, 0.29) is 34.7 Å². The fraction of sp³-hybridized carbons (Fsp3) is 0.217. The van der Waals surface area contributed by atoms with E-state index in [2.05, 4.69) is 20.6 Å². The lowest BCUT2D eigenvalue weighted by Gasteiger charge is -2.18. The van der Waals surface area contributed by atoms with Crippen molar-refractivity contribution in [2.75, 3.05) is 24.3 Å². The molecule has 2 heterocycles. The molecule has 170 valence electrons. The molecule has 2 aromatic carbocycles. The summed E-state index contributed by atoms with van der Waals surface area (Å²) in [6, 6.07) is 16.0. The highest BCUT2D eigenvalue weighted by Crippen LogP contribution is 2.32. The van der Waals surface area contributed by atoms with Crippen molar-refractivity contribution < 1.29 is 19.1 Å². The Morgan fingerprint density at radius 3 is 2.61 bits per heavy atom. The molecule has 0 atom stereocenters. The first-order valence-electron chi connectivity index (χ1n) is 10.3. The van der Waals surface area contributed by atoms with Crippen LogP contribution in [0.2, 0.25) is 0 Å². The third kappa shape index (κ3) is 6.59. The van der Waals surface area contributed by atoms with Crippen molar-refractivity contribution in [1.82, 2.24) is 15.3 Å². The standard InChI is InChI=1S/C23H22N4O5S/c28-20(24-13-15-4-2-1-3-5-15)11-17-12-21(29)27-23(26-17)33-14-22(30)25-16-6-7-18-19(10-16)32-9-8-31-18/h1-7,10,12H,8-9,11,13-14H2,(H,24,28)(H,25,30)(H,26,27,29). The highest BCUT2D eigenvalue weighted by atomic mass is 32.2. The smallest absolute Gasteiger partial charge is 0.251 e. The van der Waals surface area contributed by atoms with E-state index in [1.807, 2.05) is 30.3 Å². The summed E-state index contributed by atoms with van der Waals surface area (Å²) in [4.78, 5) is 43.4. The van der Waals surface area contributed by atoms with Gasteiger partial charge in [-0.2, -0.15) is 0 Å². The lowest BCUT2D eigenvalue weighted by atomic mass is 10.2. The second kappa shape index (κ2) is 10.7. The topological polar surface area (TPSA) is 122 Å². The third-order valence-corrected chi connectivity index (χ3v) is 5.49. The maximum atomic E-state index is 12.3. The van der Waals surface area contributed by atoms with Crippen molar-refractivity contribution in [3.05, 3.63) is 76.2 Å². The van der Waals surface area contributed by atoms with Crippen molar-refractivity contribution >= 4 is 29.3 Å². The van der Waals surface area contributed by atoms with Crippen LogP contribution in [0.5, 0.6) is 11.5 Å². The minimum atomic E-state index is -0.384. The molecule has 0 aliphatic carbocycles. The normalized spacial score (nSPS) is 12.1. The van der Waals surface area contributed by atoms with Gasteiger partial charge in [0, 0.05) is 24.4 Å². The van der Waals surface area contributed by atoms with Gasteiger partial charge in [0.15, 0.2) is 16.7 Å². The second-order valence-electron chi connectivity index (χ2n) is 7.18. The van der Waals surface area contributed by atoms with E-state index < -0.39 is 0 Å². The Bertz CT molecular complexity index is 1200. The summed E-state index contributed by atoms with van der Waals surface area (Å²) in [6.07, 6.45) is -0.0340. The molecule has 1 aliphatic rings. The van der Waals surface area contributed by atoms with Crippen LogP contribution in [0.1, 0.15) is 11.3 Å². The highest BCUT2D eigenvalue weighted by Gasteiger charge is 2.14. The van der Waals surface area contributed by atoms with Crippen LogP contribution >= 0.6 is 11.8 Å². The zero-order valence-electron chi connectivity index (χ0n) is 17.6. The molecule has 1 aliphatic heterocycles. The Hall–Kier alpha value is -3.79. The van der Waals surface area contributed by atoms with Crippen LogP contribution in [0.25, 0.3) is 0 Å². The first-order valence-corrected chi connectivity index (χ1v) is 11.3. The number of anilines is 1. The molecule has 33 heavy (non-hydrogen) atoms. The Balaban J connectivity index is 1.29. The fourth-order valence-electron chi connectivity index (χ4n) is 3.12. The van der Waals surface area contributed by atoms with Crippen LogP contribution < -0.4 is 25.7 Å². The molecule has 0 fully saturated rings. The summed E-state index contributed by atoms with van der Waals surface area (Å²) >= 11 is 1.08. The number of ether oxygens (including phenoxy) is 2. The van der Waals surface area contributed by atoms with E-state index in [0.717, 1.165) is 17.3 Å². The summed E-state index contributed by atoms with van der Waals surface area (Å²) in [5.41, 5.74) is 1.50. The first-order chi connectivity index (χ1) is 16.0. The molecule has 0 spiro atoms. The van der Waals surface area contributed by atoms with Gasteiger partial charge in [-0.1, -0.05) is 42.1 Å². The molecule has 0 bridgehead atoms. The van der Waals surface area contributed by atoms with Crippen LogP contribution in [0.15, 0.2) is 64.5 Å².